The van der Waals surface area contributed by atoms with Gasteiger partial charge >= 0.3 is 6.47 Å². The first-order valence-corrected chi connectivity index (χ1v) is 4.56. The van der Waals surface area contributed by atoms with Crippen molar-refractivity contribution in [2.45, 2.75) is 6.61 Å². The smallest absolute Gasteiger partial charge is 0.417 e. The van der Waals surface area contributed by atoms with Gasteiger partial charge in [-0.2, -0.15) is 0 Å². The van der Waals surface area contributed by atoms with Crippen molar-refractivity contribution in [2.75, 3.05) is 5.34 Å². The number of ether oxygens (including phenoxy) is 1. The third kappa shape index (κ3) is 7.62. The maximum absolute atomic E-state index is 9.63. The Morgan fingerprint density at radius 3 is 2.23 bits per heavy atom. The Bertz CT molecular complexity index is 214. The third-order valence-corrected chi connectivity index (χ3v) is 1.14. The molecule has 0 saturated carbocycles. The second-order valence-corrected chi connectivity index (χ2v) is 2.77. The van der Waals surface area contributed by atoms with Gasteiger partial charge in [0.25, 0.3) is 0 Å². The molecule has 4 heteroatoms. The Labute approximate surface area is 87.4 Å². The molecule has 13 heavy (non-hydrogen) atoms. The van der Waals surface area contributed by atoms with Gasteiger partial charge in [-0.3, -0.25) is 0 Å². The fourth-order valence-corrected chi connectivity index (χ4v) is 0.687. The summed E-state index contributed by atoms with van der Waals surface area (Å²) >= 11 is 9.53. The molecule has 0 aliphatic rings. The van der Waals surface area contributed by atoms with E-state index in [2.05, 4.69) is 4.74 Å². The Morgan fingerprint density at radius 2 is 1.77 bits per heavy atom. The van der Waals surface area contributed by atoms with Crippen molar-refractivity contribution < 1.29 is 9.53 Å². The Balaban J connectivity index is 0.000000424. The average Bonchev–Trinajstić information content (AvgIpc) is 2.18. The monoisotopic (exact) mass is 219 g/mol. The van der Waals surface area contributed by atoms with Crippen LogP contribution in [0, 0.1) is 0 Å². The lowest BCUT2D eigenvalue weighted by atomic mass is 10.2. The summed E-state index contributed by atoms with van der Waals surface area (Å²) in [7, 11) is 0. The number of rotatable bonds is 3. The number of hydrogen-bond acceptors (Lipinski definition) is 2. The quantitative estimate of drug-likeness (QED) is 0.732. The topological polar surface area (TPSA) is 26.3 Å². The minimum atomic E-state index is 0.194. The van der Waals surface area contributed by atoms with Crippen LogP contribution in [0.3, 0.4) is 0 Å². The van der Waals surface area contributed by atoms with Crippen LogP contribution in [0.5, 0.6) is 0 Å². The molecule has 0 heterocycles. The first kappa shape index (κ1) is 12.3. The van der Waals surface area contributed by atoms with Crippen molar-refractivity contribution in [1.29, 1.82) is 0 Å². The molecule has 0 atom stereocenters. The van der Waals surface area contributed by atoms with Crippen molar-refractivity contribution in [3.8, 4) is 0 Å². The molecule has 71 valence electrons. The minimum Gasteiger partial charge on any atom is -0.452 e. The second-order valence-electron chi connectivity index (χ2n) is 1.96. The number of alkyl halides is 2. The summed E-state index contributed by atoms with van der Waals surface area (Å²) in [5.41, 5.74) is 0.978. The summed E-state index contributed by atoms with van der Waals surface area (Å²) in [6.07, 6.45) is 0. The van der Waals surface area contributed by atoms with Crippen LogP contribution in [0.15, 0.2) is 30.3 Å². The number of halogens is 2. The van der Waals surface area contributed by atoms with Gasteiger partial charge in [0.2, 0.25) is 0 Å². The van der Waals surface area contributed by atoms with Gasteiger partial charge in [0.1, 0.15) is 6.61 Å². The van der Waals surface area contributed by atoms with E-state index in [4.69, 9.17) is 23.2 Å². The van der Waals surface area contributed by atoms with E-state index >= 15 is 0 Å². The van der Waals surface area contributed by atoms with Crippen LogP contribution in [0.25, 0.3) is 0 Å². The molecule has 0 N–H and O–H groups in total. The van der Waals surface area contributed by atoms with Gasteiger partial charge in [0.15, 0.2) is 0 Å². The van der Waals surface area contributed by atoms with E-state index in [0.717, 1.165) is 5.56 Å². The molecule has 0 aromatic heterocycles. The fourth-order valence-electron chi connectivity index (χ4n) is 0.687. The molecule has 0 fully saturated rings. The van der Waals surface area contributed by atoms with Gasteiger partial charge in [-0.1, -0.05) is 30.3 Å². The Morgan fingerprint density at radius 1 is 1.23 bits per heavy atom. The zero-order valence-electron chi connectivity index (χ0n) is 6.87. The van der Waals surface area contributed by atoms with Crippen LogP contribution in [0.4, 0.5) is 0 Å². The largest absolute Gasteiger partial charge is 0.452 e. The SMILES string of the molecule is ClCCl.O=[C]OCc1ccccc1. The second kappa shape index (κ2) is 9.36. The molecule has 2 nitrogen and oxygen atoms in total. The first-order chi connectivity index (χ1) is 6.35. The lowest BCUT2D eigenvalue weighted by Crippen LogP contribution is -1.87. The predicted molar refractivity (Wildman–Crippen MR) is 53.5 cm³/mol. The highest BCUT2D eigenvalue weighted by Crippen LogP contribution is 1.98. The van der Waals surface area contributed by atoms with E-state index in [1.54, 1.807) is 0 Å². The number of carbonyl (C=O) groups excluding carboxylic acids is 1. The van der Waals surface area contributed by atoms with Gasteiger partial charge in [0.05, 0.1) is 5.34 Å². The van der Waals surface area contributed by atoms with Gasteiger partial charge in [0, 0.05) is 0 Å². The predicted octanol–water partition coefficient (Wildman–Crippen LogP) is 2.69. The van der Waals surface area contributed by atoms with Crippen LogP contribution in [0.1, 0.15) is 5.56 Å². The van der Waals surface area contributed by atoms with Crippen LogP contribution in [0.2, 0.25) is 0 Å². The highest BCUT2D eigenvalue weighted by Gasteiger charge is 1.88. The molecule has 0 unspecified atom stereocenters. The molecular formula is C9H9Cl2O2. The third-order valence-electron chi connectivity index (χ3n) is 1.14. The zero-order valence-corrected chi connectivity index (χ0v) is 8.39. The molecule has 1 aromatic rings. The maximum atomic E-state index is 9.63. The van der Waals surface area contributed by atoms with E-state index < -0.39 is 0 Å². The highest BCUT2D eigenvalue weighted by atomic mass is 35.5. The zero-order chi connectivity index (χ0) is 9.94. The summed E-state index contributed by atoms with van der Waals surface area (Å²) in [5.74, 6) is 0. The normalized spacial score (nSPS) is 8.15. The van der Waals surface area contributed by atoms with Crippen molar-refractivity contribution >= 4 is 29.7 Å². The summed E-state index contributed by atoms with van der Waals surface area (Å²) in [6.45, 7) is 1.68. The van der Waals surface area contributed by atoms with Gasteiger partial charge in [-0.25, -0.2) is 4.79 Å². The number of benzene rings is 1. The van der Waals surface area contributed by atoms with Gasteiger partial charge in [-0.15, -0.1) is 23.2 Å². The van der Waals surface area contributed by atoms with Gasteiger partial charge in [-0.05, 0) is 5.56 Å². The molecule has 1 rings (SSSR count). The van der Waals surface area contributed by atoms with Crippen LogP contribution >= 0.6 is 23.2 Å². The average molecular weight is 220 g/mol. The van der Waals surface area contributed by atoms with Crippen molar-refractivity contribution in [2.24, 2.45) is 0 Å². The molecule has 0 amide bonds. The molecule has 1 radical (unpaired) electrons. The molecule has 0 aliphatic carbocycles. The first-order valence-electron chi connectivity index (χ1n) is 3.50. The molecule has 1 aromatic carbocycles. The molecule has 0 spiro atoms. The van der Waals surface area contributed by atoms with Crippen molar-refractivity contribution in [3.63, 3.8) is 0 Å². The molecule has 0 bridgehead atoms. The van der Waals surface area contributed by atoms with E-state index in [1.165, 1.54) is 6.47 Å². The van der Waals surface area contributed by atoms with E-state index in [9.17, 15) is 4.79 Å². The standard InChI is InChI=1S/C8H7O2.CH2Cl2/c9-7-10-6-8-4-2-1-3-5-8;2-1-3/h1-5H,6H2;1H2. The molecule has 0 aliphatic heterocycles. The highest BCUT2D eigenvalue weighted by molar-refractivity contribution is 6.40. The number of hydrogen-bond donors (Lipinski definition) is 0. The summed E-state index contributed by atoms with van der Waals surface area (Å²) < 4.78 is 4.41. The Hall–Kier alpha value is -0.730. The minimum absolute atomic E-state index is 0.194. The molecular weight excluding hydrogens is 211 g/mol. The van der Waals surface area contributed by atoms with E-state index in [1.807, 2.05) is 30.3 Å². The van der Waals surface area contributed by atoms with Crippen LogP contribution in [-0.4, -0.2) is 11.8 Å². The van der Waals surface area contributed by atoms with E-state index in [-0.39, 0.29) is 5.34 Å². The van der Waals surface area contributed by atoms with Crippen molar-refractivity contribution in [3.05, 3.63) is 35.9 Å². The lowest BCUT2D eigenvalue weighted by molar-refractivity contribution is 0.267. The maximum Gasteiger partial charge on any atom is 0.417 e. The fraction of sp³-hybridized carbons (Fsp3) is 0.222. The summed E-state index contributed by atoms with van der Waals surface area (Å²) in [5, 5.41) is 0.194. The summed E-state index contributed by atoms with van der Waals surface area (Å²) in [6, 6.07) is 9.47. The van der Waals surface area contributed by atoms with Gasteiger partial charge < -0.3 is 4.74 Å². The Kier molecular flexibility index (Phi) is 8.83. The van der Waals surface area contributed by atoms with Crippen molar-refractivity contribution in [1.82, 2.24) is 0 Å². The van der Waals surface area contributed by atoms with Crippen LogP contribution in [-0.2, 0) is 16.1 Å². The van der Waals surface area contributed by atoms with Crippen LogP contribution < -0.4 is 0 Å². The summed E-state index contributed by atoms with van der Waals surface area (Å²) in [4.78, 5) is 9.63. The van der Waals surface area contributed by atoms with E-state index in [0.29, 0.717) is 6.61 Å². The molecule has 0 saturated heterocycles. The lowest BCUT2D eigenvalue weighted by Gasteiger charge is -1.95.